The molecule has 0 aliphatic carbocycles. The molecule has 1 aliphatic heterocycles. The lowest BCUT2D eigenvalue weighted by atomic mass is 9.90. The number of carboxylic acid groups (broad SMARTS) is 1. The average Bonchev–Trinajstić information content (AvgIpc) is 2.83. The van der Waals surface area contributed by atoms with Gasteiger partial charge in [0.2, 0.25) is 5.91 Å². The highest BCUT2D eigenvalue weighted by Gasteiger charge is 2.35. The van der Waals surface area contributed by atoms with E-state index in [4.69, 9.17) is 0 Å². The molecule has 2 atom stereocenters. The summed E-state index contributed by atoms with van der Waals surface area (Å²) in [7, 11) is 0. The van der Waals surface area contributed by atoms with Crippen molar-refractivity contribution in [2.75, 3.05) is 6.54 Å². The van der Waals surface area contributed by atoms with Gasteiger partial charge in [-0.25, -0.2) is 0 Å². The number of fused-ring (bicyclic) bond motifs is 1. The summed E-state index contributed by atoms with van der Waals surface area (Å²) in [6.45, 7) is 4.74. The average molecular weight is 314 g/mol. The van der Waals surface area contributed by atoms with Gasteiger partial charge < -0.3 is 14.6 Å². The van der Waals surface area contributed by atoms with Crippen molar-refractivity contribution in [3.05, 3.63) is 36.0 Å². The molecule has 2 aromatic rings. The Hall–Kier alpha value is -2.30. The van der Waals surface area contributed by atoms with Crippen molar-refractivity contribution in [3.63, 3.8) is 0 Å². The van der Waals surface area contributed by atoms with Gasteiger partial charge in [-0.3, -0.25) is 9.59 Å². The molecule has 0 unspecified atom stereocenters. The van der Waals surface area contributed by atoms with Gasteiger partial charge in [0, 0.05) is 23.8 Å². The summed E-state index contributed by atoms with van der Waals surface area (Å²) in [6.07, 6.45) is 1.39. The van der Waals surface area contributed by atoms with E-state index in [0.717, 1.165) is 23.0 Å². The number of hydrogen-bond acceptors (Lipinski definition) is 2. The van der Waals surface area contributed by atoms with Gasteiger partial charge in [0.25, 0.3) is 0 Å². The Morgan fingerprint density at radius 2 is 2.04 bits per heavy atom. The lowest BCUT2D eigenvalue weighted by Gasteiger charge is -2.37. The molecule has 2 heterocycles. The van der Waals surface area contributed by atoms with Gasteiger partial charge in [0.1, 0.15) is 6.54 Å². The fraction of sp³-hybridized carbons (Fsp3) is 0.444. The third-order valence-electron chi connectivity index (χ3n) is 4.94. The first kappa shape index (κ1) is 15.6. The molecule has 1 amide bonds. The Bertz CT molecular complexity index is 750. The van der Waals surface area contributed by atoms with Crippen molar-refractivity contribution in [2.45, 2.75) is 39.3 Å². The minimum Gasteiger partial charge on any atom is -0.481 e. The van der Waals surface area contributed by atoms with Crippen molar-refractivity contribution in [2.24, 2.45) is 5.92 Å². The highest BCUT2D eigenvalue weighted by Crippen LogP contribution is 2.25. The Labute approximate surface area is 135 Å². The summed E-state index contributed by atoms with van der Waals surface area (Å²) in [4.78, 5) is 25.8. The van der Waals surface area contributed by atoms with E-state index in [1.165, 1.54) is 0 Å². The molecular weight excluding hydrogens is 292 g/mol. The number of benzene rings is 1. The molecule has 5 nitrogen and oxygen atoms in total. The van der Waals surface area contributed by atoms with E-state index in [1.54, 1.807) is 4.90 Å². The lowest BCUT2D eigenvalue weighted by Crippen LogP contribution is -2.50. The van der Waals surface area contributed by atoms with E-state index in [1.807, 2.05) is 42.7 Å². The second-order valence-electron chi connectivity index (χ2n) is 6.35. The number of aliphatic carboxylic acids is 1. The van der Waals surface area contributed by atoms with Crippen LogP contribution in [0, 0.1) is 12.8 Å². The van der Waals surface area contributed by atoms with Crippen molar-refractivity contribution >= 4 is 22.8 Å². The molecule has 0 bridgehead atoms. The number of likely N-dealkylation sites (tertiary alicyclic amines) is 1. The van der Waals surface area contributed by atoms with Crippen molar-refractivity contribution in [3.8, 4) is 0 Å². The molecule has 1 aromatic carbocycles. The van der Waals surface area contributed by atoms with Crippen LogP contribution in [0.4, 0.5) is 0 Å². The van der Waals surface area contributed by atoms with Crippen LogP contribution in [0.15, 0.2) is 30.3 Å². The van der Waals surface area contributed by atoms with E-state index >= 15 is 0 Å². The van der Waals surface area contributed by atoms with Gasteiger partial charge >= 0.3 is 5.97 Å². The highest BCUT2D eigenvalue weighted by molar-refractivity contribution is 5.85. The van der Waals surface area contributed by atoms with Crippen LogP contribution in [0.2, 0.25) is 0 Å². The molecule has 1 aromatic heterocycles. The first-order valence-corrected chi connectivity index (χ1v) is 8.06. The SMILES string of the molecule is Cc1cc2ccccc2n1CC(=O)N1CCC[C@@H](C(=O)O)[C@H]1C. The monoisotopic (exact) mass is 314 g/mol. The fourth-order valence-electron chi connectivity index (χ4n) is 3.61. The molecule has 1 saturated heterocycles. The van der Waals surface area contributed by atoms with Gasteiger partial charge in [-0.2, -0.15) is 0 Å². The minimum atomic E-state index is -0.808. The number of aryl methyl sites for hydroxylation is 1. The number of rotatable bonds is 3. The fourth-order valence-corrected chi connectivity index (χ4v) is 3.61. The molecule has 1 aliphatic rings. The van der Waals surface area contributed by atoms with E-state index in [-0.39, 0.29) is 18.5 Å². The Morgan fingerprint density at radius 3 is 2.78 bits per heavy atom. The smallest absolute Gasteiger partial charge is 0.308 e. The van der Waals surface area contributed by atoms with E-state index < -0.39 is 11.9 Å². The summed E-state index contributed by atoms with van der Waals surface area (Å²) in [6, 6.07) is 9.81. The number of carbonyl (C=O) groups is 2. The van der Waals surface area contributed by atoms with Gasteiger partial charge in [-0.1, -0.05) is 18.2 Å². The predicted molar refractivity (Wildman–Crippen MR) is 88.2 cm³/mol. The maximum absolute atomic E-state index is 12.8. The van der Waals surface area contributed by atoms with Crippen LogP contribution in [0.3, 0.4) is 0 Å². The second-order valence-corrected chi connectivity index (χ2v) is 6.35. The maximum atomic E-state index is 12.8. The van der Waals surface area contributed by atoms with Crippen LogP contribution in [-0.4, -0.2) is 39.0 Å². The molecule has 0 radical (unpaired) electrons. The van der Waals surface area contributed by atoms with Crippen LogP contribution in [0.1, 0.15) is 25.5 Å². The number of carbonyl (C=O) groups excluding carboxylic acids is 1. The zero-order valence-electron chi connectivity index (χ0n) is 13.5. The second kappa shape index (κ2) is 6.07. The Balaban J connectivity index is 1.83. The number of nitrogens with zero attached hydrogens (tertiary/aromatic N) is 2. The Kier molecular flexibility index (Phi) is 4.11. The molecule has 0 spiro atoms. The van der Waals surface area contributed by atoms with Crippen molar-refractivity contribution < 1.29 is 14.7 Å². The number of hydrogen-bond donors (Lipinski definition) is 1. The molecule has 0 saturated carbocycles. The molecule has 122 valence electrons. The molecule has 5 heteroatoms. The van der Waals surface area contributed by atoms with Crippen molar-refractivity contribution in [1.82, 2.24) is 9.47 Å². The number of para-hydroxylation sites is 1. The number of piperidine rings is 1. The summed E-state index contributed by atoms with van der Waals surface area (Å²) < 4.78 is 2.01. The largest absolute Gasteiger partial charge is 0.481 e. The molecule has 1 N–H and O–H groups in total. The summed E-state index contributed by atoms with van der Waals surface area (Å²) in [5, 5.41) is 10.4. The standard InChI is InChI=1S/C18H22N2O3/c1-12-10-14-6-3-4-8-16(14)20(12)11-17(21)19-9-5-7-15(13(19)2)18(22)23/h3-4,6,8,10,13,15H,5,7,9,11H2,1-2H3,(H,22,23)/t13-,15-/m1/s1. The third-order valence-corrected chi connectivity index (χ3v) is 4.94. The molecule has 3 rings (SSSR count). The number of amides is 1. The Morgan fingerprint density at radius 1 is 1.30 bits per heavy atom. The first-order chi connectivity index (χ1) is 11.0. The minimum absolute atomic E-state index is 0.00657. The highest BCUT2D eigenvalue weighted by atomic mass is 16.4. The zero-order chi connectivity index (χ0) is 16.6. The summed E-state index contributed by atoms with van der Waals surface area (Å²) >= 11 is 0. The number of aromatic nitrogens is 1. The molecule has 23 heavy (non-hydrogen) atoms. The van der Waals surface area contributed by atoms with E-state index in [0.29, 0.717) is 13.0 Å². The zero-order valence-corrected chi connectivity index (χ0v) is 13.5. The van der Waals surface area contributed by atoms with Gasteiger partial charge in [0.05, 0.1) is 5.92 Å². The maximum Gasteiger partial charge on any atom is 0.308 e. The quantitative estimate of drug-likeness (QED) is 0.947. The number of carboxylic acids is 1. The van der Waals surface area contributed by atoms with E-state index in [2.05, 4.69) is 6.07 Å². The lowest BCUT2D eigenvalue weighted by molar-refractivity contribution is -0.149. The third kappa shape index (κ3) is 2.83. The van der Waals surface area contributed by atoms with Gasteiger partial charge in [-0.15, -0.1) is 0 Å². The van der Waals surface area contributed by atoms with Crippen LogP contribution in [0.5, 0.6) is 0 Å². The van der Waals surface area contributed by atoms with Crippen LogP contribution in [0.25, 0.3) is 10.9 Å². The van der Waals surface area contributed by atoms with Gasteiger partial charge in [-0.05, 0) is 44.2 Å². The van der Waals surface area contributed by atoms with Crippen LogP contribution < -0.4 is 0 Å². The molecular formula is C18H22N2O3. The first-order valence-electron chi connectivity index (χ1n) is 8.06. The normalized spacial score (nSPS) is 21.6. The van der Waals surface area contributed by atoms with Crippen molar-refractivity contribution in [1.29, 1.82) is 0 Å². The summed E-state index contributed by atoms with van der Waals surface area (Å²) in [5.74, 6) is -1.28. The summed E-state index contributed by atoms with van der Waals surface area (Å²) in [5.41, 5.74) is 2.08. The topological polar surface area (TPSA) is 62.5 Å². The van der Waals surface area contributed by atoms with E-state index in [9.17, 15) is 14.7 Å². The van der Waals surface area contributed by atoms with Crippen LogP contribution >= 0.6 is 0 Å². The van der Waals surface area contributed by atoms with Crippen LogP contribution in [-0.2, 0) is 16.1 Å². The predicted octanol–water partition coefficient (Wildman–Crippen LogP) is 2.66. The molecule has 1 fully saturated rings. The van der Waals surface area contributed by atoms with Gasteiger partial charge in [0.15, 0.2) is 0 Å².